The molecule has 0 atom stereocenters. The number of aromatic nitrogens is 2. The number of nitrogens with zero attached hydrogens (tertiary/aromatic N) is 3. The third kappa shape index (κ3) is 9.06. The lowest BCUT2D eigenvalue weighted by molar-refractivity contribution is 0.0523. The molecule has 1 amide bonds. The third-order valence-corrected chi connectivity index (χ3v) is 2.81. The molecule has 0 aliphatic rings. The summed E-state index contributed by atoms with van der Waals surface area (Å²) in [4.78, 5) is 19.3. The molecule has 2 aromatic heterocycles. The van der Waals surface area contributed by atoms with Crippen molar-refractivity contribution >= 4 is 6.09 Å². The van der Waals surface area contributed by atoms with Crippen LogP contribution in [0.15, 0.2) is 36.7 Å². The molecule has 132 valence electrons. The van der Waals surface area contributed by atoms with E-state index in [0.29, 0.717) is 12.2 Å². The van der Waals surface area contributed by atoms with Gasteiger partial charge in [0.15, 0.2) is 0 Å². The SMILES string of the molecule is Cc1ccc(C#N)nc1.Cc1ccc(CNC(=O)OC(C)(C)C)nc1. The van der Waals surface area contributed by atoms with Crippen molar-refractivity contribution in [1.29, 1.82) is 5.26 Å². The van der Waals surface area contributed by atoms with Crippen LogP contribution in [-0.4, -0.2) is 21.7 Å². The van der Waals surface area contributed by atoms with E-state index in [2.05, 4.69) is 15.3 Å². The largest absolute Gasteiger partial charge is 0.444 e. The highest BCUT2D eigenvalue weighted by Crippen LogP contribution is 2.06. The van der Waals surface area contributed by atoms with Gasteiger partial charge in [-0.25, -0.2) is 9.78 Å². The van der Waals surface area contributed by atoms with Crippen molar-refractivity contribution in [3.05, 3.63) is 59.2 Å². The normalized spacial score (nSPS) is 10.1. The van der Waals surface area contributed by atoms with Crippen molar-refractivity contribution < 1.29 is 9.53 Å². The molecule has 6 nitrogen and oxygen atoms in total. The highest BCUT2D eigenvalue weighted by atomic mass is 16.6. The Bertz CT molecular complexity index is 711. The summed E-state index contributed by atoms with van der Waals surface area (Å²) < 4.78 is 5.11. The maximum absolute atomic E-state index is 11.3. The van der Waals surface area contributed by atoms with Gasteiger partial charge in [0.2, 0.25) is 0 Å². The van der Waals surface area contributed by atoms with E-state index in [1.807, 2.05) is 58.9 Å². The van der Waals surface area contributed by atoms with Gasteiger partial charge in [-0.2, -0.15) is 5.26 Å². The zero-order chi connectivity index (χ0) is 18.9. The molecule has 0 saturated heterocycles. The Hall–Kier alpha value is -2.94. The Morgan fingerprint density at radius 3 is 2.16 bits per heavy atom. The lowest BCUT2D eigenvalue weighted by atomic mass is 10.2. The fourth-order valence-corrected chi connectivity index (χ4v) is 1.61. The van der Waals surface area contributed by atoms with Crippen LogP contribution in [0.5, 0.6) is 0 Å². The van der Waals surface area contributed by atoms with Crippen LogP contribution in [0.2, 0.25) is 0 Å². The molecule has 0 fully saturated rings. The fourth-order valence-electron chi connectivity index (χ4n) is 1.61. The summed E-state index contributed by atoms with van der Waals surface area (Å²) in [6, 6.07) is 9.35. The van der Waals surface area contributed by atoms with Gasteiger partial charge in [-0.1, -0.05) is 12.1 Å². The van der Waals surface area contributed by atoms with Crippen molar-refractivity contribution in [3.63, 3.8) is 0 Å². The first-order valence-electron chi connectivity index (χ1n) is 7.91. The number of pyridine rings is 2. The van der Waals surface area contributed by atoms with Crippen LogP contribution in [0.4, 0.5) is 4.79 Å². The van der Waals surface area contributed by atoms with Gasteiger partial charge in [0.1, 0.15) is 17.4 Å². The molecule has 0 aliphatic heterocycles. The molecule has 0 saturated carbocycles. The highest BCUT2D eigenvalue weighted by molar-refractivity contribution is 5.67. The Kier molecular flexibility index (Phi) is 7.54. The van der Waals surface area contributed by atoms with E-state index in [-0.39, 0.29) is 0 Å². The smallest absolute Gasteiger partial charge is 0.407 e. The quantitative estimate of drug-likeness (QED) is 0.901. The van der Waals surface area contributed by atoms with Gasteiger partial charge in [-0.3, -0.25) is 4.98 Å². The molecule has 2 rings (SSSR count). The van der Waals surface area contributed by atoms with Crippen molar-refractivity contribution in [1.82, 2.24) is 15.3 Å². The summed E-state index contributed by atoms with van der Waals surface area (Å²) in [6.07, 6.45) is 3.03. The molecule has 0 spiro atoms. The summed E-state index contributed by atoms with van der Waals surface area (Å²) >= 11 is 0. The molecule has 2 heterocycles. The van der Waals surface area contributed by atoms with E-state index in [9.17, 15) is 4.79 Å². The van der Waals surface area contributed by atoms with E-state index < -0.39 is 11.7 Å². The number of carbonyl (C=O) groups is 1. The summed E-state index contributed by atoms with van der Waals surface area (Å²) in [5.74, 6) is 0. The molecular formula is C19H24N4O2. The van der Waals surface area contributed by atoms with Crippen molar-refractivity contribution in [2.24, 2.45) is 0 Å². The fraction of sp³-hybridized carbons (Fsp3) is 0.368. The molecule has 2 aromatic rings. The second-order valence-corrected chi connectivity index (χ2v) is 6.51. The van der Waals surface area contributed by atoms with Crippen molar-refractivity contribution in [2.75, 3.05) is 0 Å². The number of hydrogen-bond acceptors (Lipinski definition) is 5. The number of hydrogen-bond donors (Lipinski definition) is 1. The third-order valence-electron chi connectivity index (χ3n) is 2.81. The Morgan fingerprint density at radius 2 is 1.72 bits per heavy atom. The molecule has 0 aliphatic carbocycles. The zero-order valence-corrected chi connectivity index (χ0v) is 15.3. The first kappa shape index (κ1) is 20.1. The van der Waals surface area contributed by atoms with Gasteiger partial charge in [0, 0.05) is 12.4 Å². The zero-order valence-electron chi connectivity index (χ0n) is 15.3. The Labute approximate surface area is 148 Å². The Balaban J connectivity index is 0.000000293. The predicted molar refractivity (Wildman–Crippen MR) is 95.7 cm³/mol. The van der Waals surface area contributed by atoms with E-state index in [1.165, 1.54) is 0 Å². The number of alkyl carbamates (subject to hydrolysis) is 1. The van der Waals surface area contributed by atoms with E-state index in [4.69, 9.17) is 10.00 Å². The van der Waals surface area contributed by atoms with Crippen LogP contribution in [0.3, 0.4) is 0 Å². The molecular weight excluding hydrogens is 316 g/mol. The van der Waals surface area contributed by atoms with Crippen LogP contribution in [0.25, 0.3) is 0 Å². The summed E-state index contributed by atoms with van der Waals surface area (Å²) in [6.45, 7) is 9.78. The number of nitrogens with one attached hydrogen (secondary N) is 1. The number of aryl methyl sites for hydroxylation is 2. The number of amides is 1. The Morgan fingerprint density at radius 1 is 1.12 bits per heavy atom. The predicted octanol–water partition coefficient (Wildman–Crippen LogP) is 3.68. The molecule has 6 heteroatoms. The second-order valence-electron chi connectivity index (χ2n) is 6.51. The summed E-state index contributed by atoms with van der Waals surface area (Å²) in [7, 11) is 0. The lowest BCUT2D eigenvalue weighted by Crippen LogP contribution is -2.32. The minimum atomic E-state index is -0.467. The minimum Gasteiger partial charge on any atom is -0.444 e. The van der Waals surface area contributed by atoms with Gasteiger partial charge in [0.25, 0.3) is 0 Å². The minimum absolute atomic E-state index is 0.384. The van der Waals surface area contributed by atoms with Gasteiger partial charge in [-0.15, -0.1) is 0 Å². The maximum atomic E-state index is 11.3. The molecule has 0 unspecified atom stereocenters. The average molecular weight is 340 g/mol. The van der Waals surface area contributed by atoms with Crippen LogP contribution in [0.1, 0.15) is 43.3 Å². The van der Waals surface area contributed by atoms with Gasteiger partial charge in [-0.05, 0) is 57.9 Å². The van der Waals surface area contributed by atoms with Gasteiger partial charge in [0.05, 0.1) is 12.2 Å². The molecule has 25 heavy (non-hydrogen) atoms. The highest BCUT2D eigenvalue weighted by Gasteiger charge is 2.15. The summed E-state index contributed by atoms with van der Waals surface area (Å²) in [5.41, 5.74) is 3.00. The average Bonchev–Trinajstić information content (AvgIpc) is 2.54. The topological polar surface area (TPSA) is 87.9 Å². The first-order chi connectivity index (χ1) is 11.7. The van der Waals surface area contributed by atoms with Gasteiger partial charge >= 0.3 is 6.09 Å². The number of ether oxygens (including phenoxy) is 1. The van der Waals surface area contributed by atoms with Crippen LogP contribution >= 0.6 is 0 Å². The maximum Gasteiger partial charge on any atom is 0.407 e. The van der Waals surface area contributed by atoms with Crippen LogP contribution < -0.4 is 5.32 Å². The monoisotopic (exact) mass is 340 g/mol. The summed E-state index contributed by atoms with van der Waals surface area (Å²) in [5, 5.41) is 11.0. The van der Waals surface area contributed by atoms with Gasteiger partial charge < -0.3 is 10.1 Å². The molecule has 0 aromatic carbocycles. The van der Waals surface area contributed by atoms with Crippen LogP contribution in [0, 0.1) is 25.2 Å². The lowest BCUT2D eigenvalue weighted by Gasteiger charge is -2.19. The second kappa shape index (κ2) is 9.38. The van der Waals surface area contributed by atoms with Crippen molar-refractivity contribution in [3.8, 4) is 6.07 Å². The van der Waals surface area contributed by atoms with Crippen molar-refractivity contribution in [2.45, 2.75) is 46.8 Å². The molecule has 0 radical (unpaired) electrons. The van der Waals surface area contributed by atoms with E-state index in [0.717, 1.165) is 16.8 Å². The molecule has 1 N–H and O–H groups in total. The number of rotatable bonds is 2. The standard InChI is InChI=1S/C12H18N2O2.C7H6N2/c1-9-5-6-10(13-7-9)8-14-11(15)16-12(2,3)4;1-6-2-3-7(4-8)9-5-6/h5-7H,8H2,1-4H3,(H,14,15);2-3,5H,1H3. The van der Waals surface area contributed by atoms with E-state index in [1.54, 1.807) is 18.5 Å². The van der Waals surface area contributed by atoms with Crippen LogP contribution in [-0.2, 0) is 11.3 Å². The number of nitriles is 1. The number of carbonyl (C=O) groups excluding carboxylic acids is 1. The first-order valence-corrected chi connectivity index (χ1v) is 7.91. The molecule has 0 bridgehead atoms. The van der Waals surface area contributed by atoms with E-state index >= 15 is 0 Å².